The van der Waals surface area contributed by atoms with Crippen LogP contribution in [0.2, 0.25) is 0 Å². The molecule has 2 aromatic carbocycles. The number of benzene rings is 2. The fourth-order valence-electron chi connectivity index (χ4n) is 3.30. The number of rotatable bonds is 5. The number of carbonyl (C=O) groups is 1. The molecule has 1 aliphatic rings. The Bertz CT molecular complexity index is 925. The van der Waals surface area contributed by atoms with E-state index in [1.165, 1.54) is 36.4 Å². The topological polar surface area (TPSA) is 86.5 Å². The molecule has 2 aromatic rings. The predicted octanol–water partition coefficient (Wildman–Crippen LogP) is 2.33. The van der Waals surface area contributed by atoms with Crippen molar-refractivity contribution in [3.05, 3.63) is 65.5 Å². The SMILES string of the molecule is CCOC(=O)[C@]1(N)[C@H](c2ccc(F)cc2)[C@@H]1S(=O)(=O)c1ccc(C)cc1. The van der Waals surface area contributed by atoms with Crippen LogP contribution >= 0.6 is 0 Å². The highest BCUT2D eigenvalue weighted by Gasteiger charge is 2.74. The second kappa shape index (κ2) is 6.48. The molecule has 0 bridgehead atoms. The fraction of sp³-hybridized carbons (Fsp3) is 0.316. The second-order valence-electron chi connectivity index (χ2n) is 6.46. The molecule has 1 saturated carbocycles. The number of halogens is 1. The second-order valence-corrected chi connectivity index (χ2v) is 8.53. The Kier molecular flexibility index (Phi) is 4.62. The molecule has 1 aliphatic carbocycles. The van der Waals surface area contributed by atoms with E-state index in [2.05, 4.69) is 0 Å². The maximum absolute atomic E-state index is 13.2. The van der Waals surface area contributed by atoms with Gasteiger partial charge >= 0.3 is 5.97 Å². The van der Waals surface area contributed by atoms with Gasteiger partial charge in [-0.3, -0.25) is 0 Å². The van der Waals surface area contributed by atoms with Gasteiger partial charge in [0.2, 0.25) is 0 Å². The molecule has 1 fully saturated rings. The van der Waals surface area contributed by atoms with Gasteiger partial charge in [-0.05, 0) is 43.7 Å². The van der Waals surface area contributed by atoms with Gasteiger partial charge in [-0.25, -0.2) is 17.6 Å². The number of nitrogens with two attached hydrogens (primary N) is 1. The number of sulfone groups is 1. The Balaban J connectivity index is 2.06. The predicted molar refractivity (Wildman–Crippen MR) is 94.8 cm³/mol. The van der Waals surface area contributed by atoms with Gasteiger partial charge < -0.3 is 10.5 Å². The van der Waals surface area contributed by atoms with Crippen molar-refractivity contribution in [1.29, 1.82) is 0 Å². The molecular weight excluding hydrogens is 357 g/mol. The number of aryl methyl sites for hydroxylation is 1. The molecule has 7 heteroatoms. The van der Waals surface area contributed by atoms with E-state index < -0.39 is 38.3 Å². The van der Waals surface area contributed by atoms with Gasteiger partial charge in [0, 0.05) is 5.92 Å². The number of ether oxygens (including phenoxy) is 1. The number of hydrogen-bond acceptors (Lipinski definition) is 5. The molecule has 0 unspecified atom stereocenters. The molecule has 0 heterocycles. The monoisotopic (exact) mass is 377 g/mol. The van der Waals surface area contributed by atoms with E-state index in [-0.39, 0.29) is 11.5 Å². The molecule has 26 heavy (non-hydrogen) atoms. The summed E-state index contributed by atoms with van der Waals surface area (Å²) >= 11 is 0. The van der Waals surface area contributed by atoms with E-state index >= 15 is 0 Å². The third-order valence-electron chi connectivity index (χ3n) is 4.72. The summed E-state index contributed by atoms with van der Waals surface area (Å²) in [4.78, 5) is 12.5. The quantitative estimate of drug-likeness (QED) is 0.808. The van der Waals surface area contributed by atoms with Gasteiger partial charge in [0.25, 0.3) is 0 Å². The maximum atomic E-state index is 13.2. The lowest BCUT2D eigenvalue weighted by Crippen LogP contribution is -2.41. The first-order valence-electron chi connectivity index (χ1n) is 8.25. The van der Waals surface area contributed by atoms with Crippen LogP contribution in [-0.4, -0.2) is 31.8 Å². The van der Waals surface area contributed by atoms with E-state index in [0.717, 1.165) is 5.56 Å². The summed E-state index contributed by atoms with van der Waals surface area (Å²) in [5.74, 6) is -2.02. The Morgan fingerprint density at radius 1 is 1.15 bits per heavy atom. The number of carbonyl (C=O) groups excluding carboxylic acids is 1. The van der Waals surface area contributed by atoms with Crippen molar-refractivity contribution in [2.24, 2.45) is 5.73 Å². The first-order valence-corrected chi connectivity index (χ1v) is 9.79. The van der Waals surface area contributed by atoms with Gasteiger partial charge in [-0.15, -0.1) is 0 Å². The van der Waals surface area contributed by atoms with E-state index in [0.29, 0.717) is 5.56 Å². The van der Waals surface area contributed by atoms with Crippen LogP contribution in [0.15, 0.2) is 53.4 Å². The molecule has 0 radical (unpaired) electrons. The molecule has 0 spiro atoms. The summed E-state index contributed by atoms with van der Waals surface area (Å²) in [6.45, 7) is 3.56. The van der Waals surface area contributed by atoms with Crippen LogP contribution in [0.25, 0.3) is 0 Å². The highest BCUT2D eigenvalue weighted by atomic mass is 32.2. The van der Waals surface area contributed by atoms with Gasteiger partial charge in [0.15, 0.2) is 9.84 Å². The summed E-state index contributed by atoms with van der Waals surface area (Å²) < 4.78 is 44.5. The lowest BCUT2D eigenvalue weighted by molar-refractivity contribution is -0.145. The summed E-state index contributed by atoms with van der Waals surface area (Å²) in [7, 11) is -3.88. The van der Waals surface area contributed by atoms with Crippen molar-refractivity contribution in [3.8, 4) is 0 Å². The van der Waals surface area contributed by atoms with Gasteiger partial charge in [0.05, 0.1) is 11.5 Å². The zero-order valence-electron chi connectivity index (χ0n) is 14.5. The molecular formula is C19H20FNO4S. The highest BCUT2D eigenvalue weighted by molar-refractivity contribution is 7.92. The molecule has 3 atom stereocenters. The van der Waals surface area contributed by atoms with Crippen LogP contribution in [0.4, 0.5) is 4.39 Å². The molecule has 0 saturated heterocycles. The molecule has 3 rings (SSSR count). The van der Waals surface area contributed by atoms with Crippen molar-refractivity contribution in [1.82, 2.24) is 0 Å². The van der Waals surface area contributed by atoms with Crippen molar-refractivity contribution in [3.63, 3.8) is 0 Å². The van der Waals surface area contributed by atoms with Crippen molar-refractivity contribution < 1.29 is 22.3 Å². The zero-order valence-corrected chi connectivity index (χ0v) is 15.3. The Morgan fingerprint density at radius 2 is 1.73 bits per heavy atom. The van der Waals surface area contributed by atoms with Gasteiger partial charge in [0.1, 0.15) is 16.6 Å². The third-order valence-corrected chi connectivity index (χ3v) is 6.98. The van der Waals surface area contributed by atoms with Crippen LogP contribution in [0, 0.1) is 12.7 Å². The average molecular weight is 377 g/mol. The highest BCUT2D eigenvalue weighted by Crippen LogP contribution is 2.56. The van der Waals surface area contributed by atoms with Gasteiger partial charge in [-0.2, -0.15) is 0 Å². The fourth-order valence-corrected chi connectivity index (χ4v) is 5.53. The minimum atomic E-state index is -3.88. The molecule has 2 N–H and O–H groups in total. The van der Waals surface area contributed by atoms with E-state index in [9.17, 15) is 17.6 Å². The summed E-state index contributed by atoms with van der Waals surface area (Å²) in [5, 5.41) is -1.16. The minimum absolute atomic E-state index is 0.0885. The normalized spacial score (nSPS) is 24.9. The largest absolute Gasteiger partial charge is 0.465 e. The summed E-state index contributed by atoms with van der Waals surface area (Å²) in [6, 6.07) is 11.7. The Labute approximate surface area is 151 Å². The first-order chi connectivity index (χ1) is 12.2. The maximum Gasteiger partial charge on any atom is 0.328 e. The van der Waals surface area contributed by atoms with E-state index in [1.54, 1.807) is 19.1 Å². The first kappa shape index (κ1) is 18.5. The molecule has 0 aliphatic heterocycles. The molecule has 138 valence electrons. The standard InChI is InChI=1S/C19H20FNO4S/c1-3-25-18(22)19(21)16(13-6-8-14(20)9-7-13)17(19)26(23,24)15-10-4-12(2)5-11-15/h4-11,16-17H,3,21H2,1-2H3/t16-,17+,19+/m1/s1. The van der Waals surface area contributed by atoms with E-state index in [1.807, 2.05) is 6.92 Å². The van der Waals surface area contributed by atoms with Gasteiger partial charge in [-0.1, -0.05) is 29.8 Å². The zero-order chi connectivity index (χ0) is 19.1. The Morgan fingerprint density at radius 3 is 2.27 bits per heavy atom. The van der Waals surface area contributed by atoms with E-state index in [4.69, 9.17) is 10.5 Å². The molecule has 0 aromatic heterocycles. The summed E-state index contributed by atoms with van der Waals surface area (Å²) in [5.41, 5.74) is 5.95. The number of hydrogen-bond donors (Lipinski definition) is 1. The average Bonchev–Trinajstić information content (AvgIpc) is 3.25. The number of esters is 1. The smallest absolute Gasteiger partial charge is 0.328 e. The lowest BCUT2D eigenvalue weighted by atomic mass is 10.1. The van der Waals surface area contributed by atoms with Crippen LogP contribution in [0.5, 0.6) is 0 Å². The van der Waals surface area contributed by atoms with Crippen molar-refractivity contribution >= 4 is 15.8 Å². The van der Waals surface area contributed by atoms with Crippen molar-refractivity contribution in [2.75, 3.05) is 6.61 Å². The summed E-state index contributed by atoms with van der Waals surface area (Å²) in [6.07, 6.45) is 0. The lowest BCUT2D eigenvalue weighted by Gasteiger charge is -2.11. The molecule has 0 amide bonds. The molecule has 5 nitrogen and oxygen atoms in total. The Hall–Kier alpha value is -2.25. The minimum Gasteiger partial charge on any atom is -0.465 e. The van der Waals surface area contributed by atoms with Crippen LogP contribution in [0.1, 0.15) is 24.0 Å². The third kappa shape index (κ3) is 2.91. The van der Waals surface area contributed by atoms with Crippen LogP contribution < -0.4 is 5.73 Å². The van der Waals surface area contributed by atoms with Crippen LogP contribution in [0.3, 0.4) is 0 Å². The van der Waals surface area contributed by atoms with Crippen LogP contribution in [-0.2, 0) is 19.4 Å². The van der Waals surface area contributed by atoms with Crippen molar-refractivity contribution in [2.45, 2.75) is 35.4 Å².